The number of methoxy groups -OCH3 is 1. The predicted molar refractivity (Wildman–Crippen MR) is 107 cm³/mol. The monoisotopic (exact) mass is 393 g/mol. The summed E-state index contributed by atoms with van der Waals surface area (Å²) in [6.45, 7) is 0.276. The van der Waals surface area contributed by atoms with Crippen molar-refractivity contribution in [1.82, 2.24) is 14.8 Å². The fourth-order valence-electron chi connectivity index (χ4n) is 2.88. The van der Waals surface area contributed by atoms with Crippen molar-refractivity contribution >= 4 is 22.5 Å². The zero-order chi connectivity index (χ0) is 19.5. The highest BCUT2D eigenvalue weighted by molar-refractivity contribution is 6.31. The summed E-state index contributed by atoms with van der Waals surface area (Å²) in [6.07, 6.45) is 3.14. The molecule has 28 heavy (non-hydrogen) atoms. The molecule has 0 amide bonds. The molecule has 0 spiro atoms. The molecular weight excluding hydrogens is 378 g/mol. The van der Waals surface area contributed by atoms with Crippen molar-refractivity contribution in [3.8, 4) is 17.2 Å². The molecule has 2 aromatic heterocycles. The first kappa shape index (κ1) is 18.0. The van der Waals surface area contributed by atoms with Gasteiger partial charge < -0.3 is 9.47 Å². The molecule has 4 rings (SSSR count). The van der Waals surface area contributed by atoms with Crippen molar-refractivity contribution in [2.24, 2.45) is 0 Å². The average Bonchev–Trinajstić information content (AvgIpc) is 2.74. The molecule has 0 saturated heterocycles. The molecule has 140 valence electrons. The predicted octanol–water partition coefficient (Wildman–Crippen LogP) is 4.29. The first-order chi connectivity index (χ1) is 13.7. The third-order valence-corrected chi connectivity index (χ3v) is 4.56. The highest BCUT2D eigenvalue weighted by Crippen LogP contribution is 2.26. The molecule has 2 heterocycles. The Morgan fingerprint density at radius 1 is 1.04 bits per heavy atom. The summed E-state index contributed by atoms with van der Waals surface area (Å²) in [7, 11) is 1.58. The standard InChI is InChI=1S/C21H16ClN3O3/c1-27-15-7-9-16(10-8-15)28-20-18(22)12-24-25(21(20)26)13-14-4-2-6-19-17(14)5-3-11-23-19/h2-12H,13H2,1H3. The molecule has 0 bridgehead atoms. The van der Waals surface area contributed by atoms with Crippen LogP contribution in [0.15, 0.2) is 71.8 Å². The van der Waals surface area contributed by atoms with Crippen molar-refractivity contribution in [3.63, 3.8) is 0 Å². The lowest BCUT2D eigenvalue weighted by Gasteiger charge is -2.11. The van der Waals surface area contributed by atoms with Crippen LogP contribution in [0.2, 0.25) is 5.02 Å². The Bertz CT molecular complexity index is 1180. The van der Waals surface area contributed by atoms with Gasteiger partial charge in [0, 0.05) is 11.6 Å². The van der Waals surface area contributed by atoms with Gasteiger partial charge >= 0.3 is 5.56 Å². The molecule has 2 aromatic carbocycles. The van der Waals surface area contributed by atoms with E-state index >= 15 is 0 Å². The number of halogens is 1. The van der Waals surface area contributed by atoms with Crippen LogP contribution < -0.4 is 15.0 Å². The molecule has 0 aliphatic heterocycles. The second-order valence-electron chi connectivity index (χ2n) is 6.05. The number of fused-ring (bicyclic) bond motifs is 1. The molecular formula is C21H16ClN3O3. The van der Waals surface area contributed by atoms with E-state index in [4.69, 9.17) is 21.1 Å². The van der Waals surface area contributed by atoms with E-state index < -0.39 is 5.56 Å². The second kappa shape index (κ2) is 7.70. The third-order valence-electron chi connectivity index (χ3n) is 4.29. The number of pyridine rings is 1. The van der Waals surface area contributed by atoms with Crippen LogP contribution in [0, 0.1) is 0 Å². The Labute approximate surface area is 165 Å². The average molecular weight is 394 g/mol. The summed E-state index contributed by atoms with van der Waals surface area (Å²) < 4.78 is 12.2. The minimum absolute atomic E-state index is 0.0280. The second-order valence-corrected chi connectivity index (χ2v) is 6.46. The fraction of sp³-hybridized carbons (Fsp3) is 0.0952. The number of aromatic nitrogens is 3. The number of nitrogens with zero attached hydrogens (tertiary/aromatic N) is 3. The van der Waals surface area contributed by atoms with E-state index in [9.17, 15) is 4.79 Å². The van der Waals surface area contributed by atoms with Gasteiger partial charge in [-0.15, -0.1) is 0 Å². The van der Waals surface area contributed by atoms with Crippen LogP contribution in [-0.4, -0.2) is 21.9 Å². The molecule has 0 N–H and O–H groups in total. The molecule has 0 radical (unpaired) electrons. The van der Waals surface area contributed by atoms with Gasteiger partial charge in [-0.1, -0.05) is 29.8 Å². The number of ether oxygens (including phenoxy) is 2. The number of hydrogen-bond donors (Lipinski definition) is 0. The van der Waals surface area contributed by atoms with Gasteiger partial charge in [0.25, 0.3) is 0 Å². The molecule has 0 atom stereocenters. The van der Waals surface area contributed by atoms with Crippen LogP contribution >= 0.6 is 11.6 Å². The minimum Gasteiger partial charge on any atom is -0.497 e. The van der Waals surface area contributed by atoms with Gasteiger partial charge in [-0.05, 0) is 42.0 Å². The highest BCUT2D eigenvalue weighted by atomic mass is 35.5. The summed E-state index contributed by atoms with van der Waals surface area (Å²) in [5, 5.41) is 5.28. The van der Waals surface area contributed by atoms with E-state index in [-0.39, 0.29) is 17.3 Å². The molecule has 0 aliphatic rings. The molecule has 7 heteroatoms. The Kier molecular flexibility index (Phi) is 4.95. The highest BCUT2D eigenvalue weighted by Gasteiger charge is 2.14. The maximum Gasteiger partial charge on any atom is 0.311 e. The zero-order valence-corrected chi connectivity index (χ0v) is 15.8. The maximum atomic E-state index is 12.9. The number of benzene rings is 2. The van der Waals surface area contributed by atoms with Crippen LogP contribution in [0.5, 0.6) is 17.2 Å². The largest absolute Gasteiger partial charge is 0.497 e. The smallest absolute Gasteiger partial charge is 0.311 e. The Hall–Kier alpha value is -3.38. The van der Waals surface area contributed by atoms with Crippen LogP contribution in [0.1, 0.15) is 5.56 Å². The summed E-state index contributed by atoms with van der Waals surface area (Å²) in [4.78, 5) is 17.3. The quantitative estimate of drug-likeness (QED) is 0.506. The minimum atomic E-state index is -0.413. The molecule has 6 nitrogen and oxygen atoms in total. The van der Waals surface area contributed by atoms with E-state index in [1.165, 1.54) is 10.9 Å². The van der Waals surface area contributed by atoms with Gasteiger partial charge in [0.15, 0.2) is 0 Å². The van der Waals surface area contributed by atoms with Crippen molar-refractivity contribution in [3.05, 3.63) is 87.9 Å². The summed E-state index contributed by atoms with van der Waals surface area (Å²) in [5.74, 6) is 1.20. The number of rotatable bonds is 5. The maximum absolute atomic E-state index is 12.9. The van der Waals surface area contributed by atoms with E-state index in [2.05, 4.69) is 10.1 Å². The molecule has 4 aromatic rings. The number of hydrogen-bond acceptors (Lipinski definition) is 5. The summed E-state index contributed by atoms with van der Waals surface area (Å²) in [6, 6.07) is 16.5. The van der Waals surface area contributed by atoms with E-state index in [0.717, 1.165) is 16.5 Å². The molecule has 0 aliphatic carbocycles. The topological polar surface area (TPSA) is 66.2 Å². The van der Waals surface area contributed by atoms with E-state index in [1.807, 2.05) is 30.3 Å². The molecule has 0 saturated carbocycles. The SMILES string of the molecule is COc1ccc(Oc2c(Cl)cnn(Cc3cccc4ncccc34)c2=O)cc1. The van der Waals surface area contributed by atoms with Gasteiger partial charge in [0.1, 0.15) is 16.5 Å². The molecule has 0 fully saturated rings. The van der Waals surface area contributed by atoms with E-state index in [1.54, 1.807) is 37.6 Å². The van der Waals surface area contributed by atoms with E-state index in [0.29, 0.717) is 11.5 Å². The lowest BCUT2D eigenvalue weighted by molar-refractivity contribution is 0.412. The van der Waals surface area contributed by atoms with Crippen molar-refractivity contribution in [2.75, 3.05) is 7.11 Å². The van der Waals surface area contributed by atoms with Crippen molar-refractivity contribution in [2.45, 2.75) is 6.54 Å². The van der Waals surface area contributed by atoms with Crippen LogP contribution in [0.25, 0.3) is 10.9 Å². The Balaban J connectivity index is 1.69. The van der Waals surface area contributed by atoms with Crippen molar-refractivity contribution in [1.29, 1.82) is 0 Å². The summed E-state index contributed by atoms with van der Waals surface area (Å²) in [5.41, 5.74) is 1.37. The third kappa shape index (κ3) is 3.54. The van der Waals surface area contributed by atoms with Gasteiger partial charge in [-0.2, -0.15) is 5.10 Å². The molecule has 0 unspecified atom stereocenters. The van der Waals surface area contributed by atoms with Crippen LogP contribution in [-0.2, 0) is 6.54 Å². The van der Waals surface area contributed by atoms with Crippen molar-refractivity contribution < 1.29 is 9.47 Å². The van der Waals surface area contributed by atoms with Gasteiger partial charge in [0.05, 0.1) is 25.4 Å². The normalized spacial score (nSPS) is 10.8. The fourth-order valence-corrected chi connectivity index (χ4v) is 3.05. The lowest BCUT2D eigenvalue weighted by atomic mass is 10.1. The first-order valence-electron chi connectivity index (χ1n) is 8.56. The summed E-state index contributed by atoms with van der Waals surface area (Å²) >= 11 is 6.17. The Morgan fingerprint density at radius 3 is 2.61 bits per heavy atom. The first-order valence-corrected chi connectivity index (χ1v) is 8.93. The lowest BCUT2D eigenvalue weighted by Crippen LogP contribution is -2.24. The van der Waals surface area contributed by atoms with Gasteiger partial charge in [0.2, 0.25) is 5.75 Å². The van der Waals surface area contributed by atoms with Gasteiger partial charge in [-0.25, -0.2) is 4.68 Å². The van der Waals surface area contributed by atoms with Crippen LogP contribution in [0.3, 0.4) is 0 Å². The zero-order valence-electron chi connectivity index (χ0n) is 15.0. The van der Waals surface area contributed by atoms with Crippen LogP contribution in [0.4, 0.5) is 0 Å². The van der Waals surface area contributed by atoms with Gasteiger partial charge in [-0.3, -0.25) is 9.78 Å². The Morgan fingerprint density at radius 2 is 1.82 bits per heavy atom.